The van der Waals surface area contributed by atoms with Crippen LogP contribution >= 0.6 is 0 Å². The zero-order valence-electron chi connectivity index (χ0n) is 22.0. The maximum Gasteiger partial charge on any atom is 0.302 e. The fourth-order valence-electron chi connectivity index (χ4n) is 9.17. The molecule has 0 unspecified atom stereocenters. The van der Waals surface area contributed by atoms with Crippen molar-refractivity contribution >= 4 is 5.97 Å². The van der Waals surface area contributed by atoms with Crippen molar-refractivity contribution < 1.29 is 9.53 Å². The molecule has 4 fully saturated rings. The number of hydrogen-bond acceptors (Lipinski definition) is 2. The van der Waals surface area contributed by atoms with Crippen LogP contribution in [0.15, 0.2) is 12.2 Å². The minimum Gasteiger partial charge on any atom is -0.463 e. The van der Waals surface area contributed by atoms with E-state index in [0.717, 1.165) is 48.3 Å². The Labute approximate surface area is 198 Å². The number of hydrogen-bond donors (Lipinski definition) is 0. The fourth-order valence-corrected chi connectivity index (χ4v) is 9.17. The average molecular weight is 443 g/mol. The smallest absolute Gasteiger partial charge is 0.302 e. The summed E-state index contributed by atoms with van der Waals surface area (Å²) < 4.78 is 5.66. The summed E-state index contributed by atoms with van der Waals surface area (Å²) in [4.78, 5) is 11.5. The van der Waals surface area contributed by atoms with Crippen LogP contribution in [-0.2, 0) is 9.53 Å². The molecule has 0 radical (unpaired) electrons. The third-order valence-corrected chi connectivity index (χ3v) is 11.4. The molecule has 0 aromatic rings. The standard InChI is InChI=1S/C30H50O2/c1-19(2)20(3)8-9-21(4)26-12-13-27-25-11-10-23-18-24(32-22(5)31)14-16-29(23,6)28(25)15-17-30(26,27)7/h8-9,19-21,23-28H,10-18H2,1-7H3/b9-8+/t20-,21+,23-,24+,25+,26+,27+,28+,29+,30-/m0/s1. The first kappa shape index (κ1) is 24.3. The normalized spacial score (nSPS) is 45.8. The van der Waals surface area contributed by atoms with E-state index >= 15 is 0 Å². The monoisotopic (exact) mass is 442 g/mol. The van der Waals surface area contributed by atoms with Gasteiger partial charge in [-0.05, 0) is 116 Å². The largest absolute Gasteiger partial charge is 0.463 e. The molecule has 0 aromatic carbocycles. The lowest BCUT2D eigenvalue weighted by molar-refractivity contribution is -0.160. The first-order valence-electron chi connectivity index (χ1n) is 13.9. The Morgan fingerprint density at radius 2 is 1.56 bits per heavy atom. The summed E-state index contributed by atoms with van der Waals surface area (Å²) in [5.74, 6) is 6.37. The number of carbonyl (C=O) groups excluding carboxylic acids is 1. The Hall–Kier alpha value is -0.790. The van der Waals surface area contributed by atoms with Gasteiger partial charge in [-0.3, -0.25) is 4.79 Å². The summed E-state index contributed by atoms with van der Waals surface area (Å²) in [5, 5.41) is 0. The van der Waals surface area contributed by atoms with Crippen molar-refractivity contribution in [3.63, 3.8) is 0 Å². The van der Waals surface area contributed by atoms with Crippen LogP contribution in [0.5, 0.6) is 0 Å². The molecule has 0 spiro atoms. The lowest BCUT2D eigenvalue weighted by atomic mass is 9.44. The second-order valence-electron chi connectivity index (χ2n) is 13.2. The Balaban J connectivity index is 1.46. The van der Waals surface area contributed by atoms with Crippen LogP contribution in [0, 0.1) is 58.2 Å². The molecule has 0 aliphatic heterocycles. The Bertz CT molecular complexity index is 710. The van der Waals surface area contributed by atoms with Crippen LogP contribution in [0.3, 0.4) is 0 Å². The molecule has 2 heteroatoms. The summed E-state index contributed by atoms with van der Waals surface area (Å²) in [5.41, 5.74) is 1.00. The molecule has 0 aromatic heterocycles. The molecule has 32 heavy (non-hydrogen) atoms. The van der Waals surface area contributed by atoms with Gasteiger partial charge in [-0.1, -0.05) is 53.7 Å². The van der Waals surface area contributed by atoms with E-state index in [9.17, 15) is 4.79 Å². The number of esters is 1. The second-order valence-corrected chi connectivity index (χ2v) is 13.2. The number of fused-ring (bicyclic) bond motifs is 5. The first-order chi connectivity index (χ1) is 15.1. The quantitative estimate of drug-likeness (QED) is 0.318. The highest BCUT2D eigenvalue weighted by Gasteiger charge is 2.60. The van der Waals surface area contributed by atoms with Crippen LogP contribution in [0.1, 0.15) is 106 Å². The number of allylic oxidation sites excluding steroid dienone is 2. The van der Waals surface area contributed by atoms with Gasteiger partial charge in [0.15, 0.2) is 0 Å². The van der Waals surface area contributed by atoms with Crippen LogP contribution in [0.2, 0.25) is 0 Å². The SMILES string of the molecule is CC(=O)O[C@@H]1CC[C@]2(C)[C@@H](CC[C@@H]3[C@H]4CC[C@H]([C@H](C)/C=C/[C@H](C)C(C)C)[C@]4(C)CC[C@H]32)C1. The van der Waals surface area contributed by atoms with Crippen molar-refractivity contribution in [1.29, 1.82) is 0 Å². The van der Waals surface area contributed by atoms with E-state index in [0.29, 0.717) is 22.7 Å². The highest BCUT2D eigenvalue weighted by Crippen LogP contribution is 2.68. The molecule has 2 nitrogen and oxygen atoms in total. The molecular weight excluding hydrogens is 392 g/mol. The zero-order valence-corrected chi connectivity index (χ0v) is 22.0. The molecule has 0 bridgehead atoms. The predicted molar refractivity (Wildman–Crippen MR) is 133 cm³/mol. The minimum atomic E-state index is -0.0938. The van der Waals surface area contributed by atoms with E-state index < -0.39 is 0 Å². The summed E-state index contributed by atoms with van der Waals surface area (Å²) in [6, 6.07) is 0. The van der Waals surface area contributed by atoms with Crippen molar-refractivity contribution in [2.75, 3.05) is 0 Å². The molecular formula is C30H50O2. The van der Waals surface area contributed by atoms with E-state index in [1.54, 1.807) is 6.92 Å². The molecule has 10 atom stereocenters. The highest BCUT2D eigenvalue weighted by atomic mass is 16.5. The number of ether oxygens (including phenoxy) is 1. The van der Waals surface area contributed by atoms with Crippen molar-refractivity contribution in [2.24, 2.45) is 58.2 Å². The van der Waals surface area contributed by atoms with E-state index in [-0.39, 0.29) is 12.1 Å². The second kappa shape index (κ2) is 9.10. The first-order valence-corrected chi connectivity index (χ1v) is 13.9. The van der Waals surface area contributed by atoms with Crippen molar-refractivity contribution in [3.8, 4) is 0 Å². The predicted octanol–water partition coefficient (Wildman–Crippen LogP) is 8.06. The lowest BCUT2D eigenvalue weighted by Crippen LogP contribution is -2.54. The topological polar surface area (TPSA) is 26.3 Å². The number of rotatable bonds is 5. The van der Waals surface area contributed by atoms with E-state index in [2.05, 4.69) is 53.7 Å². The Morgan fingerprint density at radius 3 is 2.25 bits per heavy atom. The average Bonchev–Trinajstić information content (AvgIpc) is 3.08. The van der Waals surface area contributed by atoms with Crippen molar-refractivity contribution in [2.45, 2.75) is 112 Å². The molecule has 0 saturated heterocycles. The summed E-state index contributed by atoms with van der Waals surface area (Å²) in [6.45, 7) is 16.4. The van der Waals surface area contributed by atoms with Gasteiger partial charge in [0.25, 0.3) is 0 Å². The van der Waals surface area contributed by atoms with Crippen molar-refractivity contribution in [3.05, 3.63) is 12.2 Å². The van der Waals surface area contributed by atoms with Crippen LogP contribution in [0.25, 0.3) is 0 Å². The van der Waals surface area contributed by atoms with Gasteiger partial charge in [0.05, 0.1) is 0 Å². The molecule has 4 saturated carbocycles. The molecule has 0 amide bonds. The molecule has 0 N–H and O–H groups in total. The Morgan fingerprint density at radius 1 is 0.875 bits per heavy atom. The Kier molecular flexibility index (Phi) is 6.92. The lowest BCUT2D eigenvalue weighted by Gasteiger charge is -2.61. The fraction of sp³-hybridized carbons (Fsp3) is 0.900. The van der Waals surface area contributed by atoms with Gasteiger partial charge in [0.2, 0.25) is 0 Å². The van der Waals surface area contributed by atoms with Gasteiger partial charge in [-0.2, -0.15) is 0 Å². The maximum atomic E-state index is 11.5. The molecule has 4 aliphatic carbocycles. The van der Waals surface area contributed by atoms with Gasteiger partial charge in [0, 0.05) is 6.92 Å². The minimum absolute atomic E-state index is 0.0938. The van der Waals surface area contributed by atoms with Gasteiger partial charge in [0.1, 0.15) is 6.10 Å². The summed E-state index contributed by atoms with van der Waals surface area (Å²) >= 11 is 0. The van der Waals surface area contributed by atoms with E-state index in [1.807, 2.05) is 0 Å². The zero-order chi connectivity index (χ0) is 23.3. The van der Waals surface area contributed by atoms with Gasteiger partial charge in [-0.25, -0.2) is 0 Å². The molecule has 4 aliphatic rings. The highest BCUT2D eigenvalue weighted by molar-refractivity contribution is 5.66. The molecule has 0 heterocycles. The van der Waals surface area contributed by atoms with E-state index in [4.69, 9.17) is 4.74 Å². The molecule has 182 valence electrons. The third-order valence-electron chi connectivity index (χ3n) is 11.4. The van der Waals surface area contributed by atoms with Gasteiger partial charge < -0.3 is 4.74 Å². The maximum absolute atomic E-state index is 11.5. The van der Waals surface area contributed by atoms with E-state index in [1.165, 1.54) is 44.9 Å². The molecule has 4 rings (SSSR count). The third kappa shape index (κ3) is 4.22. The summed E-state index contributed by atoms with van der Waals surface area (Å²) in [7, 11) is 0. The number of carbonyl (C=O) groups is 1. The van der Waals surface area contributed by atoms with Crippen LogP contribution in [0.4, 0.5) is 0 Å². The van der Waals surface area contributed by atoms with Crippen LogP contribution < -0.4 is 0 Å². The van der Waals surface area contributed by atoms with Gasteiger partial charge >= 0.3 is 5.97 Å². The van der Waals surface area contributed by atoms with Crippen LogP contribution in [-0.4, -0.2) is 12.1 Å². The van der Waals surface area contributed by atoms with Gasteiger partial charge in [-0.15, -0.1) is 0 Å². The van der Waals surface area contributed by atoms with Crippen molar-refractivity contribution in [1.82, 2.24) is 0 Å². The summed E-state index contributed by atoms with van der Waals surface area (Å²) in [6.07, 6.45) is 17.2.